The van der Waals surface area contributed by atoms with Crippen LogP contribution in [0, 0.1) is 0 Å². The van der Waals surface area contributed by atoms with Gasteiger partial charge in [-0.2, -0.15) is 0 Å². The molecule has 0 saturated carbocycles. The molecular weight excluding hydrogens is 228 g/mol. The van der Waals surface area contributed by atoms with Gasteiger partial charge in [-0.05, 0) is 18.7 Å². The molecule has 1 aromatic rings. The number of nitrogens with one attached hydrogen (secondary N) is 1. The molecule has 98 valence electrons. The van der Waals surface area contributed by atoms with E-state index in [1.54, 1.807) is 6.20 Å². The van der Waals surface area contributed by atoms with Gasteiger partial charge in [0.15, 0.2) is 0 Å². The molecular formula is C13H20N4O. The van der Waals surface area contributed by atoms with Crippen molar-refractivity contribution in [3.8, 4) is 0 Å². The maximum atomic E-state index is 12.0. The third-order valence-electron chi connectivity index (χ3n) is 3.05. The summed E-state index contributed by atoms with van der Waals surface area (Å²) in [6, 6.07) is 3.94. The second-order valence-corrected chi connectivity index (χ2v) is 4.66. The normalized spacial score (nSPS) is 16.0. The summed E-state index contributed by atoms with van der Waals surface area (Å²) in [5.41, 5.74) is 1.13. The maximum Gasteiger partial charge on any atom is 0.236 e. The van der Waals surface area contributed by atoms with Gasteiger partial charge in [-0.3, -0.25) is 14.7 Å². The fraction of sp³-hybridized carbons (Fsp3) is 0.538. The Bertz CT molecular complexity index is 376. The van der Waals surface area contributed by atoms with Gasteiger partial charge in [0.05, 0.1) is 6.54 Å². The summed E-state index contributed by atoms with van der Waals surface area (Å²) in [4.78, 5) is 20.1. The average Bonchev–Trinajstić information content (AvgIpc) is 2.40. The lowest BCUT2D eigenvalue weighted by Gasteiger charge is -2.29. The molecule has 2 rings (SSSR count). The largest absolute Gasteiger partial charge is 0.339 e. The number of amides is 1. The van der Waals surface area contributed by atoms with Crippen molar-refractivity contribution in [2.45, 2.75) is 6.54 Å². The molecule has 1 amide bonds. The molecule has 1 fully saturated rings. The number of piperazine rings is 1. The zero-order valence-electron chi connectivity index (χ0n) is 10.8. The quantitative estimate of drug-likeness (QED) is 0.811. The van der Waals surface area contributed by atoms with Crippen LogP contribution in [0.5, 0.6) is 0 Å². The van der Waals surface area contributed by atoms with Crippen LogP contribution >= 0.6 is 0 Å². The molecule has 5 nitrogen and oxygen atoms in total. The van der Waals surface area contributed by atoms with Crippen LogP contribution in [-0.2, 0) is 11.3 Å². The molecule has 1 aromatic heterocycles. The molecule has 0 bridgehead atoms. The van der Waals surface area contributed by atoms with Crippen molar-refractivity contribution in [2.24, 2.45) is 0 Å². The third-order valence-corrected chi connectivity index (χ3v) is 3.05. The van der Waals surface area contributed by atoms with E-state index in [1.807, 2.05) is 35.2 Å². The molecule has 0 atom stereocenters. The minimum atomic E-state index is 0.211. The van der Waals surface area contributed by atoms with Crippen molar-refractivity contribution < 1.29 is 4.79 Å². The summed E-state index contributed by atoms with van der Waals surface area (Å²) in [5, 5.41) is 3.25. The van der Waals surface area contributed by atoms with Crippen LogP contribution in [0.4, 0.5) is 0 Å². The van der Waals surface area contributed by atoms with Gasteiger partial charge in [0.2, 0.25) is 5.91 Å². The molecule has 0 aliphatic carbocycles. The van der Waals surface area contributed by atoms with E-state index in [-0.39, 0.29) is 5.91 Å². The molecule has 1 aliphatic heterocycles. The Labute approximate surface area is 108 Å². The molecule has 18 heavy (non-hydrogen) atoms. The fourth-order valence-electron chi connectivity index (χ4n) is 2.10. The second-order valence-electron chi connectivity index (χ2n) is 4.66. The second kappa shape index (κ2) is 6.47. The highest BCUT2D eigenvalue weighted by Crippen LogP contribution is 2.02. The maximum absolute atomic E-state index is 12.0. The van der Waals surface area contributed by atoms with E-state index in [4.69, 9.17) is 0 Å². The van der Waals surface area contributed by atoms with Gasteiger partial charge < -0.3 is 10.2 Å². The van der Waals surface area contributed by atoms with Crippen molar-refractivity contribution in [2.75, 3.05) is 39.8 Å². The number of hydrogen-bond donors (Lipinski definition) is 1. The van der Waals surface area contributed by atoms with Crippen LogP contribution in [0.25, 0.3) is 0 Å². The number of carbonyl (C=O) groups is 1. The van der Waals surface area contributed by atoms with Crippen LogP contribution in [0.1, 0.15) is 5.56 Å². The zero-order valence-corrected chi connectivity index (χ0v) is 10.8. The van der Waals surface area contributed by atoms with Crippen LogP contribution < -0.4 is 5.32 Å². The molecule has 1 N–H and O–H groups in total. The molecule has 1 saturated heterocycles. The van der Waals surface area contributed by atoms with E-state index < -0.39 is 0 Å². The van der Waals surface area contributed by atoms with E-state index >= 15 is 0 Å². The van der Waals surface area contributed by atoms with E-state index in [0.29, 0.717) is 6.54 Å². The van der Waals surface area contributed by atoms with Gasteiger partial charge in [0.1, 0.15) is 0 Å². The molecule has 1 aliphatic rings. The van der Waals surface area contributed by atoms with E-state index in [9.17, 15) is 4.79 Å². The highest BCUT2D eigenvalue weighted by atomic mass is 16.2. The lowest BCUT2D eigenvalue weighted by molar-refractivity contribution is -0.132. The highest BCUT2D eigenvalue weighted by Gasteiger charge is 2.17. The Morgan fingerprint density at radius 3 is 2.94 bits per heavy atom. The monoisotopic (exact) mass is 248 g/mol. The number of rotatable bonds is 4. The van der Waals surface area contributed by atoms with Crippen molar-refractivity contribution in [3.05, 3.63) is 30.1 Å². The lowest BCUT2D eigenvalue weighted by atomic mass is 10.2. The summed E-state index contributed by atoms with van der Waals surface area (Å²) < 4.78 is 0. The standard InChI is InChI=1S/C13H20N4O/c1-16(10-12-3-2-4-15-9-12)11-13(18)17-7-5-14-6-8-17/h2-4,9,14H,5-8,10-11H2,1H3. The molecule has 0 unspecified atom stereocenters. The summed E-state index contributed by atoms with van der Waals surface area (Å²) in [7, 11) is 1.97. The minimum Gasteiger partial charge on any atom is -0.339 e. The number of likely N-dealkylation sites (N-methyl/N-ethyl adjacent to an activating group) is 1. The van der Waals surface area contributed by atoms with Crippen molar-refractivity contribution in [3.63, 3.8) is 0 Å². The van der Waals surface area contributed by atoms with Crippen molar-refractivity contribution >= 4 is 5.91 Å². The Balaban J connectivity index is 1.79. The smallest absolute Gasteiger partial charge is 0.236 e. The Hall–Kier alpha value is -1.46. The zero-order chi connectivity index (χ0) is 12.8. The minimum absolute atomic E-state index is 0.211. The van der Waals surface area contributed by atoms with Gasteiger partial charge in [-0.25, -0.2) is 0 Å². The highest BCUT2D eigenvalue weighted by molar-refractivity contribution is 5.78. The average molecular weight is 248 g/mol. The Morgan fingerprint density at radius 1 is 1.50 bits per heavy atom. The number of aromatic nitrogens is 1. The molecule has 5 heteroatoms. The number of hydrogen-bond acceptors (Lipinski definition) is 4. The van der Waals surface area contributed by atoms with Crippen LogP contribution in [0.2, 0.25) is 0 Å². The lowest BCUT2D eigenvalue weighted by Crippen LogP contribution is -2.49. The Kier molecular flexibility index (Phi) is 4.66. The number of carbonyl (C=O) groups excluding carboxylic acids is 1. The first kappa shape index (κ1) is 13.0. The number of nitrogens with zero attached hydrogens (tertiary/aromatic N) is 3. The Morgan fingerprint density at radius 2 is 2.28 bits per heavy atom. The summed E-state index contributed by atoms with van der Waals surface area (Å²) in [6.45, 7) is 4.66. The number of pyridine rings is 1. The summed E-state index contributed by atoms with van der Waals surface area (Å²) in [5.74, 6) is 0.211. The van der Waals surface area contributed by atoms with E-state index in [0.717, 1.165) is 38.3 Å². The van der Waals surface area contributed by atoms with Crippen molar-refractivity contribution in [1.29, 1.82) is 0 Å². The van der Waals surface area contributed by atoms with Gasteiger partial charge in [0.25, 0.3) is 0 Å². The first-order valence-electron chi connectivity index (χ1n) is 6.31. The molecule has 0 aromatic carbocycles. The predicted molar refractivity (Wildman–Crippen MR) is 70.0 cm³/mol. The first-order valence-corrected chi connectivity index (χ1v) is 6.31. The van der Waals surface area contributed by atoms with Gasteiger partial charge >= 0.3 is 0 Å². The summed E-state index contributed by atoms with van der Waals surface area (Å²) in [6.07, 6.45) is 3.60. The van der Waals surface area contributed by atoms with E-state index in [2.05, 4.69) is 10.3 Å². The first-order chi connectivity index (χ1) is 8.75. The summed E-state index contributed by atoms with van der Waals surface area (Å²) >= 11 is 0. The van der Waals surface area contributed by atoms with Crippen LogP contribution in [0.3, 0.4) is 0 Å². The van der Waals surface area contributed by atoms with Gasteiger partial charge in [-0.15, -0.1) is 0 Å². The predicted octanol–water partition coefficient (Wildman–Crippen LogP) is -0.0548. The van der Waals surface area contributed by atoms with Crippen molar-refractivity contribution in [1.82, 2.24) is 20.1 Å². The SMILES string of the molecule is CN(CC(=O)N1CCNCC1)Cc1cccnc1. The van der Waals surface area contributed by atoms with Crippen LogP contribution in [0.15, 0.2) is 24.5 Å². The fourth-order valence-corrected chi connectivity index (χ4v) is 2.10. The van der Waals surface area contributed by atoms with Crippen LogP contribution in [-0.4, -0.2) is 60.5 Å². The topological polar surface area (TPSA) is 48.5 Å². The molecule has 0 radical (unpaired) electrons. The van der Waals surface area contributed by atoms with Gasteiger partial charge in [-0.1, -0.05) is 6.07 Å². The molecule has 2 heterocycles. The molecule has 0 spiro atoms. The third kappa shape index (κ3) is 3.78. The van der Waals surface area contributed by atoms with E-state index in [1.165, 1.54) is 0 Å². The van der Waals surface area contributed by atoms with Gasteiger partial charge in [0, 0.05) is 45.1 Å².